The highest BCUT2D eigenvalue weighted by Crippen LogP contribution is 2.16. The summed E-state index contributed by atoms with van der Waals surface area (Å²) in [4.78, 5) is 0. The fraction of sp³-hybridized carbons (Fsp3) is 0.200. The summed E-state index contributed by atoms with van der Waals surface area (Å²) in [5.41, 5.74) is 1.27. The summed E-state index contributed by atoms with van der Waals surface area (Å²) in [6.45, 7) is 3.40. The Bertz CT molecular complexity index is 481. The predicted molar refractivity (Wildman–Crippen MR) is 52.5 cm³/mol. The van der Waals surface area contributed by atoms with Crippen molar-refractivity contribution in [2.24, 2.45) is 0 Å². The maximum Gasteiger partial charge on any atom is 0.203 e. The molecule has 15 heavy (non-hydrogen) atoms. The molecule has 0 radical (unpaired) electrons. The Morgan fingerprint density at radius 3 is 2.27 bits per heavy atom. The first kappa shape index (κ1) is 9.64. The number of benzene rings is 1. The van der Waals surface area contributed by atoms with Crippen LogP contribution in [0.15, 0.2) is 18.2 Å². The summed E-state index contributed by atoms with van der Waals surface area (Å²) in [6, 6.07) is 4.66. The van der Waals surface area contributed by atoms with Crippen molar-refractivity contribution in [3.63, 3.8) is 0 Å². The molecule has 2 aromatic rings. The summed E-state index contributed by atoms with van der Waals surface area (Å²) in [6.07, 6.45) is 0. The molecular weight excluding hydrogens is 195 g/mol. The van der Waals surface area contributed by atoms with E-state index in [1.54, 1.807) is 26.0 Å². The summed E-state index contributed by atoms with van der Waals surface area (Å²) in [5, 5.41) is 15.3. The van der Waals surface area contributed by atoms with Crippen LogP contribution in [0.2, 0.25) is 0 Å². The highest BCUT2D eigenvalue weighted by Gasteiger charge is 2.05. The van der Waals surface area contributed by atoms with Gasteiger partial charge >= 0.3 is 0 Å². The Morgan fingerprint density at radius 2 is 1.67 bits per heavy atom. The second-order valence-corrected chi connectivity index (χ2v) is 3.23. The van der Waals surface area contributed by atoms with E-state index in [9.17, 15) is 4.39 Å². The molecule has 1 heterocycles. The summed E-state index contributed by atoms with van der Waals surface area (Å²) in [5.74, 6) is 0.674. The van der Waals surface area contributed by atoms with Crippen LogP contribution >= 0.6 is 0 Å². The summed E-state index contributed by atoms with van der Waals surface area (Å²) in [7, 11) is 0. The molecule has 0 spiro atoms. The maximum absolute atomic E-state index is 13.0. The van der Waals surface area contributed by atoms with Gasteiger partial charge in [0.1, 0.15) is 5.82 Å². The van der Waals surface area contributed by atoms with Crippen molar-refractivity contribution in [2.75, 3.05) is 0 Å². The van der Waals surface area contributed by atoms with Crippen LogP contribution in [0.4, 0.5) is 4.39 Å². The highest BCUT2D eigenvalue weighted by atomic mass is 19.1. The molecule has 1 aromatic carbocycles. The smallest absolute Gasteiger partial charge is 0.203 e. The first-order valence-electron chi connectivity index (χ1n) is 4.47. The Morgan fingerprint density at radius 1 is 1.00 bits per heavy atom. The van der Waals surface area contributed by atoms with Gasteiger partial charge in [0.15, 0.2) is 5.82 Å². The van der Waals surface area contributed by atoms with Crippen molar-refractivity contribution in [3.8, 4) is 11.4 Å². The zero-order valence-corrected chi connectivity index (χ0v) is 8.40. The van der Waals surface area contributed by atoms with Crippen molar-refractivity contribution < 1.29 is 4.39 Å². The fourth-order valence-corrected chi connectivity index (χ4v) is 1.18. The number of aryl methyl sites for hydroxylation is 2. The lowest BCUT2D eigenvalue weighted by Gasteiger charge is -2.00. The van der Waals surface area contributed by atoms with Crippen molar-refractivity contribution >= 4 is 0 Å². The van der Waals surface area contributed by atoms with Gasteiger partial charge in [-0.15, -0.1) is 20.4 Å². The SMILES string of the molecule is Cc1nnc(-c2ccc(F)c(C)c2)nn1. The molecule has 4 nitrogen and oxygen atoms in total. The lowest BCUT2D eigenvalue weighted by molar-refractivity contribution is 0.618. The van der Waals surface area contributed by atoms with Gasteiger partial charge in [-0.3, -0.25) is 0 Å². The molecule has 0 fully saturated rings. The van der Waals surface area contributed by atoms with Crippen molar-refractivity contribution in [1.29, 1.82) is 0 Å². The normalized spacial score (nSPS) is 10.3. The van der Waals surface area contributed by atoms with Crippen LogP contribution in [0.1, 0.15) is 11.4 Å². The van der Waals surface area contributed by atoms with E-state index in [0.717, 1.165) is 0 Å². The van der Waals surface area contributed by atoms with Gasteiger partial charge in [0.05, 0.1) is 0 Å². The minimum absolute atomic E-state index is 0.244. The fourth-order valence-electron chi connectivity index (χ4n) is 1.18. The molecule has 0 saturated carbocycles. The standard InChI is InChI=1S/C10H9FN4/c1-6-5-8(3-4-9(6)11)10-14-12-7(2)13-15-10/h3-5H,1-2H3. The van der Waals surface area contributed by atoms with Crippen molar-refractivity contribution in [2.45, 2.75) is 13.8 Å². The molecule has 0 aliphatic heterocycles. The number of nitrogens with zero attached hydrogens (tertiary/aromatic N) is 4. The zero-order valence-electron chi connectivity index (χ0n) is 8.40. The van der Waals surface area contributed by atoms with Gasteiger partial charge in [-0.25, -0.2) is 4.39 Å². The largest absolute Gasteiger partial charge is 0.207 e. The number of rotatable bonds is 1. The van der Waals surface area contributed by atoms with E-state index in [2.05, 4.69) is 20.4 Å². The number of aromatic nitrogens is 4. The van der Waals surface area contributed by atoms with Crippen molar-refractivity contribution in [3.05, 3.63) is 35.4 Å². The Kier molecular flexibility index (Phi) is 2.37. The molecule has 76 valence electrons. The van der Waals surface area contributed by atoms with Gasteiger partial charge in [0, 0.05) is 5.56 Å². The van der Waals surface area contributed by atoms with Crippen LogP contribution in [0, 0.1) is 19.7 Å². The molecule has 0 aliphatic rings. The van der Waals surface area contributed by atoms with E-state index in [-0.39, 0.29) is 5.82 Å². The van der Waals surface area contributed by atoms with Gasteiger partial charge in [0.2, 0.25) is 5.82 Å². The number of halogens is 1. The molecule has 1 aromatic heterocycles. The van der Waals surface area contributed by atoms with Crippen LogP contribution in [0.25, 0.3) is 11.4 Å². The number of hydrogen-bond donors (Lipinski definition) is 0. The first-order valence-corrected chi connectivity index (χ1v) is 4.47. The predicted octanol–water partition coefficient (Wildman–Crippen LogP) is 1.69. The molecule has 0 N–H and O–H groups in total. The van der Waals surface area contributed by atoms with E-state index < -0.39 is 0 Å². The third-order valence-electron chi connectivity index (χ3n) is 2.00. The Hall–Kier alpha value is -1.91. The Labute approximate surface area is 86.2 Å². The van der Waals surface area contributed by atoms with Crippen LogP contribution in [-0.4, -0.2) is 20.4 Å². The van der Waals surface area contributed by atoms with E-state index >= 15 is 0 Å². The topological polar surface area (TPSA) is 51.6 Å². The Balaban J connectivity index is 2.45. The minimum Gasteiger partial charge on any atom is -0.207 e. The van der Waals surface area contributed by atoms with Crippen LogP contribution in [0.5, 0.6) is 0 Å². The summed E-state index contributed by atoms with van der Waals surface area (Å²) < 4.78 is 13.0. The van der Waals surface area contributed by atoms with Crippen LogP contribution in [-0.2, 0) is 0 Å². The molecule has 0 saturated heterocycles. The molecule has 0 atom stereocenters. The third-order valence-corrected chi connectivity index (χ3v) is 2.00. The van der Waals surface area contributed by atoms with Gasteiger partial charge in [0.25, 0.3) is 0 Å². The molecule has 5 heteroatoms. The van der Waals surface area contributed by atoms with Gasteiger partial charge in [-0.1, -0.05) is 0 Å². The lowest BCUT2D eigenvalue weighted by Crippen LogP contribution is -1.98. The first-order chi connectivity index (χ1) is 7.16. The molecule has 0 unspecified atom stereocenters. The second kappa shape index (κ2) is 3.68. The van der Waals surface area contributed by atoms with E-state index in [1.807, 2.05) is 0 Å². The molecule has 2 rings (SSSR count). The van der Waals surface area contributed by atoms with E-state index in [0.29, 0.717) is 22.8 Å². The minimum atomic E-state index is -0.244. The molecule has 0 aliphatic carbocycles. The second-order valence-electron chi connectivity index (χ2n) is 3.23. The molecular formula is C10H9FN4. The average Bonchev–Trinajstić information content (AvgIpc) is 2.23. The lowest BCUT2D eigenvalue weighted by atomic mass is 10.1. The molecule has 0 amide bonds. The van der Waals surface area contributed by atoms with Crippen LogP contribution < -0.4 is 0 Å². The monoisotopic (exact) mass is 204 g/mol. The number of hydrogen-bond acceptors (Lipinski definition) is 4. The zero-order chi connectivity index (χ0) is 10.8. The third kappa shape index (κ3) is 1.96. The maximum atomic E-state index is 13.0. The highest BCUT2D eigenvalue weighted by molar-refractivity contribution is 5.54. The quantitative estimate of drug-likeness (QED) is 0.709. The van der Waals surface area contributed by atoms with Gasteiger partial charge in [-0.05, 0) is 37.6 Å². The van der Waals surface area contributed by atoms with E-state index in [4.69, 9.17) is 0 Å². The average molecular weight is 204 g/mol. The summed E-state index contributed by atoms with van der Waals surface area (Å²) >= 11 is 0. The van der Waals surface area contributed by atoms with Gasteiger partial charge in [-0.2, -0.15) is 0 Å². The van der Waals surface area contributed by atoms with Crippen LogP contribution in [0.3, 0.4) is 0 Å². The molecule has 0 bridgehead atoms. The van der Waals surface area contributed by atoms with E-state index in [1.165, 1.54) is 6.07 Å². The van der Waals surface area contributed by atoms with Gasteiger partial charge < -0.3 is 0 Å². The van der Waals surface area contributed by atoms with Crippen molar-refractivity contribution in [1.82, 2.24) is 20.4 Å².